The predicted molar refractivity (Wildman–Crippen MR) is 44.7 cm³/mol. The fraction of sp³-hybridized carbons (Fsp3) is 0.667. The number of allylic oxidation sites excluding steroid dienone is 1. The summed E-state index contributed by atoms with van der Waals surface area (Å²) in [6.07, 6.45) is -1.91. The third-order valence-corrected chi connectivity index (χ3v) is 3.76. The molecule has 0 aromatic carbocycles. The zero-order valence-electron chi connectivity index (χ0n) is 7.30. The molecule has 0 aromatic rings. The van der Waals surface area contributed by atoms with Crippen molar-refractivity contribution >= 4 is 5.71 Å². The maximum Gasteiger partial charge on any atom is 0.414 e. The average molecular weight is 202 g/mol. The highest BCUT2D eigenvalue weighted by molar-refractivity contribution is 6.14. The number of rotatable bonds is 0. The Labute approximate surface area is 78.7 Å². The summed E-state index contributed by atoms with van der Waals surface area (Å²) in [4.78, 5) is 3.82. The van der Waals surface area contributed by atoms with Gasteiger partial charge >= 0.3 is 6.18 Å². The third-order valence-electron chi connectivity index (χ3n) is 3.76. The Kier molecular flexibility index (Phi) is 1.24. The quantitative estimate of drug-likeness (QED) is 0.637. The number of alkyl halides is 3. The van der Waals surface area contributed by atoms with Crippen LogP contribution in [0.4, 0.5) is 13.2 Å². The Morgan fingerprint density at radius 3 is 2.71 bits per heavy atom. The second kappa shape index (κ2) is 2.05. The molecule has 3 aliphatic rings. The first-order chi connectivity index (χ1) is 6.48. The maximum atomic E-state index is 12.5. The van der Waals surface area contributed by atoms with Crippen LogP contribution in [0, 0.1) is 11.3 Å². The van der Waals surface area contributed by atoms with Crippen molar-refractivity contribution in [3.05, 3.63) is 11.8 Å². The van der Waals surface area contributed by atoms with E-state index in [-0.39, 0.29) is 11.5 Å². The molecule has 0 bridgehead atoms. The van der Waals surface area contributed by atoms with Crippen LogP contribution >= 0.6 is 0 Å². The van der Waals surface area contributed by atoms with Crippen LogP contribution < -0.4 is 5.73 Å². The first-order valence-corrected chi connectivity index (χ1v) is 4.59. The van der Waals surface area contributed by atoms with Crippen molar-refractivity contribution < 1.29 is 13.2 Å². The summed E-state index contributed by atoms with van der Waals surface area (Å²) in [5.41, 5.74) is 5.63. The molecule has 0 amide bonds. The summed E-state index contributed by atoms with van der Waals surface area (Å²) in [6.45, 7) is 0. The number of halogens is 3. The fourth-order valence-corrected chi connectivity index (χ4v) is 2.81. The first-order valence-electron chi connectivity index (χ1n) is 4.59. The molecular formula is C9H9F3N2. The van der Waals surface area contributed by atoms with Gasteiger partial charge in [-0.15, -0.1) is 0 Å². The molecule has 0 radical (unpaired) electrons. The summed E-state index contributed by atoms with van der Waals surface area (Å²) < 4.78 is 37.6. The van der Waals surface area contributed by atoms with Gasteiger partial charge in [0.05, 0.1) is 11.6 Å². The van der Waals surface area contributed by atoms with Crippen LogP contribution in [0.25, 0.3) is 0 Å². The van der Waals surface area contributed by atoms with Crippen LogP contribution in [0.5, 0.6) is 0 Å². The molecule has 5 heteroatoms. The third kappa shape index (κ3) is 0.714. The van der Waals surface area contributed by atoms with Gasteiger partial charge in [-0.3, -0.25) is 4.99 Å². The lowest BCUT2D eigenvalue weighted by Gasteiger charge is -2.40. The van der Waals surface area contributed by atoms with Crippen LogP contribution in [0.15, 0.2) is 16.8 Å². The highest BCUT2D eigenvalue weighted by Crippen LogP contribution is 2.66. The van der Waals surface area contributed by atoms with Gasteiger partial charge in [0.2, 0.25) is 0 Å². The molecule has 1 aliphatic heterocycles. The highest BCUT2D eigenvalue weighted by atomic mass is 19.4. The van der Waals surface area contributed by atoms with Crippen LogP contribution in [0.1, 0.15) is 12.8 Å². The van der Waals surface area contributed by atoms with E-state index >= 15 is 0 Å². The molecule has 0 aromatic heterocycles. The molecule has 14 heavy (non-hydrogen) atoms. The molecule has 2 aliphatic carbocycles. The van der Waals surface area contributed by atoms with E-state index < -0.39 is 17.7 Å². The predicted octanol–water partition coefficient (Wildman–Crippen LogP) is 1.62. The van der Waals surface area contributed by atoms with E-state index in [1.54, 1.807) is 0 Å². The SMILES string of the molecule is NC1C2=NC=C(C(F)(F)F)C3CCC213. The Morgan fingerprint density at radius 1 is 1.50 bits per heavy atom. The van der Waals surface area contributed by atoms with Crippen molar-refractivity contribution in [1.29, 1.82) is 0 Å². The van der Waals surface area contributed by atoms with E-state index in [2.05, 4.69) is 4.99 Å². The molecule has 3 rings (SSSR count). The Morgan fingerprint density at radius 2 is 2.21 bits per heavy atom. The van der Waals surface area contributed by atoms with E-state index in [0.717, 1.165) is 18.3 Å². The number of hydrogen-bond acceptors (Lipinski definition) is 2. The minimum absolute atomic E-state index is 0.225. The number of nitrogens with two attached hydrogens (primary N) is 1. The van der Waals surface area contributed by atoms with Crippen molar-refractivity contribution in [1.82, 2.24) is 0 Å². The van der Waals surface area contributed by atoms with Crippen molar-refractivity contribution in [2.24, 2.45) is 22.1 Å². The second-order valence-corrected chi connectivity index (χ2v) is 4.21. The Bertz CT molecular complexity index is 369. The van der Waals surface area contributed by atoms with Crippen molar-refractivity contribution in [2.75, 3.05) is 0 Å². The lowest BCUT2D eigenvalue weighted by Crippen LogP contribution is -2.40. The number of aliphatic imine (C=N–C) groups is 1. The summed E-state index contributed by atoms with van der Waals surface area (Å²) in [7, 11) is 0. The molecule has 2 nitrogen and oxygen atoms in total. The van der Waals surface area contributed by atoms with E-state index in [4.69, 9.17) is 5.73 Å². The maximum absolute atomic E-state index is 12.5. The van der Waals surface area contributed by atoms with E-state index in [9.17, 15) is 13.2 Å². The van der Waals surface area contributed by atoms with E-state index in [1.165, 1.54) is 0 Å². The smallest absolute Gasteiger partial charge is 0.322 e. The molecule has 3 atom stereocenters. The lowest BCUT2D eigenvalue weighted by molar-refractivity contribution is -0.108. The highest BCUT2D eigenvalue weighted by Gasteiger charge is 2.72. The molecule has 1 heterocycles. The monoisotopic (exact) mass is 202 g/mol. The normalized spacial score (nSPS) is 44.3. The summed E-state index contributed by atoms with van der Waals surface area (Å²) in [5, 5.41) is 0. The molecule has 2 saturated carbocycles. The molecule has 3 unspecified atom stereocenters. The van der Waals surface area contributed by atoms with Gasteiger partial charge < -0.3 is 5.73 Å². The first kappa shape index (κ1) is 8.47. The van der Waals surface area contributed by atoms with Crippen LogP contribution in [-0.2, 0) is 0 Å². The van der Waals surface area contributed by atoms with Gasteiger partial charge in [0, 0.05) is 23.2 Å². The number of nitrogens with zero attached hydrogens (tertiary/aromatic N) is 1. The average Bonchev–Trinajstić information content (AvgIpc) is 2.62. The molecule has 2 fully saturated rings. The van der Waals surface area contributed by atoms with Gasteiger partial charge in [-0.25, -0.2) is 0 Å². The minimum atomic E-state index is -4.24. The molecular weight excluding hydrogens is 193 g/mol. The summed E-state index contributed by atoms with van der Waals surface area (Å²) >= 11 is 0. The van der Waals surface area contributed by atoms with E-state index in [0.29, 0.717) is 6.42 Å². The van der Waals surface area contributed by atoms with E-state index in [1.807, 2.05) is 0 Å². The van der Waals surface area contributed by atoms with Crippen LogP contribution in [-0.4, -0.2) is 17.9 Å². The molecule has 1 spiro atoms. The summed E-state index contributed by atoms with van der Waals surface area (Å²) in [6, 6.07) is -0.225. The Hall–Kier alpha value is -0.840. The van der Waals surface area contributed by atoms with Crippen LogP contribution in [0.3, 0.4) is 0 Å². The van der Waals surface area contributed by atoms with Crippen molar-refractivity contribution in [3.63, 3.8) is 0 Å². The largest absolute Gasteiger partial charge is 0.414 e. The van der Waals surface area contributed by atoms with Crippen molar-refractivity contribution in [2.45, 2.75) is 25.1 Å². The Balaban J connectivity index is 2.00. The minimum Gasteiger partial charge on any atom is -0.322 e. The zero-order valence-corrected chi connectivity index (χ0v) is 7.30. The van der Waals surface area contributed by atoms with Crippen molar-refractivity contribution in [3.8, 4) is 0 Å². The van der Waals surface area contributed by atoms with Gasteiger partial charge in [0.25, 0.3) is 0 Å². The van der Waals surface area contributed by atoms with Gasteiger partial charge in [-0.2, -0.15) is 13.2 Å². The second-order valence-electron chi connectivity index (χ2n) is 4.21. The van der Waals surface area contributed by atoms with Gasteiger partial charge in [0.15, 0.2) is 0 Å². The zero-order chi connectivity index (χ0) is 10.1. The van der Waals surface area contributed by atoms with Gasteiger partial charge in [0.1, 0.15) is 0 Å². The molecule has 2 N–H and O–H groups in total. The van der Waals surface area contributed by atoms with Gasteiger partial charge in [-0.05, 0) is 12.8 Å². The topological polar surface area (TPSA) is 38.4 Å². The molecule has 76 valence electrons. The lowest BCUT2D eigenvalue weighted by atomic mass is 9.65. The van der Waals surface area contributed by atoms with Gasteiger partial charge in [-0.1, -0.05) is 0 Å². The summed E-state index contributed by atoms with van der Waals surface area (Å²) in [5.74, 6) is -0.412. The van der Waals surface area contributed by atoms with Crippen LogP contribution in [0.2, 0.25) is 0 Å². The molecule has 0 saturated heterocycles. The number of hydrogen-bond donors (Lipinski definition) is 1. The standard InChI is InChI=1S/C9H9F3N2/c10-9(11,12)5-3-14-7-6(13)8(7)2-1-4(5)8/h3-4,6H,1-2,13H2. The fourth-order valence-electron chi connectivity index (χ4n) is 2.81.